The Balaban J connectivity index is 2.12. The largest absolute Gasteiger partial charge is 0.139 e. The lowest BCUT2D eigenvalue weighted by Gasteiger charge is -2.12. The highest BCUT2D eigenvalue weighted by molar-refractivity contribution is 7.79. The maximum atomic E-state index is 4.02. The maximum absolute atomic E-state index is 4.02. The van der Waals surface area contributed by atoms with Gasteiger partial charge in [-0.15, -0.1) is 30.6 Å². The minimum Gasteiger partial charge on any atom is -0.139 e. The van der Waals surface area contributed by atoms with Gasteiger partial charge in [0.2, 0.25) is 0 Å². The number of aromatic nitrogens is 9. The third kappa shape index (κ3) is 2.50. The van der Waals surface area contributed by atoms with Crippen LogP contribution in [0.1, 0.15) is 0 Å². The molecule has 9 nitrogen and oxygen atoms in total. The summed E-state index contributed by atoms with van der Waals surface area (Å²) in [5.41, 5.74) is 2.14. The standard InChI is InChI=1S/C9H6N9P/c1-4-10-16-13-7(1)19(8-2-5-11-17-14-8)9-3-6-12-18-15-9/h1-6H. The van der Waals surface area contributed by atoms with E-state index in [4.69, 9.17) is 0 Å². The molecule has 0 spiro atoms. The first kappa shape index (κ1) is 11.5. The van der Waals surface area contributed by atoms with Crippen LogP contribution in [0.15, 0.2) is 36.8 Å². The van der Waals surface area contributed by atoms with Crippen LogP contribution in [0.25, 0.3) is 0 Å². The highest BCUT2D eigenvalue weighted by Crippen LogP contribution is 2.28. The fourth-order valence-electron chi connectivity index (χ4n) is 1.41. The van der Waals surface area contributed by atoms with E-state index in [1.807, 2.05) is 0 Å². The van der Waals surface area contributed by atoms with Crippen molar-refractivity contribution in [3.05, 3.63) is 36.8 Å². The first-order valence-corrected chi connectivity index (χ1v) is 6.52. The smallest absolute Gasteiger partial charge is 0.101 e. The van der Waals surface area contributed by atoms with Crippen molar-refractivity contribution in [2.75, 3.05) is 0 Å². The molecule has 0 bridgehead atoms. The van der Waals surface area contributed by atoms with Crippen molar-refractivity contribution in [1.82, 2.24) is 46.2 Å². The minimum absolute atomic E-state index is 0.714. The van der Waals surface area contributed by atoms with E-state index < -0.39 is 7.92 Å². The molecule has 92 valence electrons. The van der Waals surface area contributed by atoms with E-state index in [1.54, 1.807) is 36.8 Å². The van der Waals surface area contributed by atoms with Crippen LogP contribution in [0, 0.1) is 0 Å². The lowest BCUT2D eigenvalue weighted by molar-refractivity contribution is 0.873. The Labute approximate surface area is 108 Å². The molecule has 0 saturated heterocycles. The monoisotopic (exact) mass is 271 g/mol. The Bertz CT molecular complexity index is 542. The zero-order chi connectivity index (χ0) is 12.9. The summed E-state index contributed by atoms with van der Waals surface area (Å²) in [6.45, 7) is 0. The molecule has 0 aliphatic rings. The summed E-state index contributed by atoms with van der Waals surface area (Å²) in [5.74, 6) is 0. The predicted octanol–water partition coefficient (Wildman–Crippen LogP) is -2.00. The number of hydrogen-bond acceptors (Lipinski definition) is 9. The molecule has 0 aliphatic heterocycles. The van der Waals surface area contributed by atoms with Crippen LogP contribution < -0.4 is 16.3 Å². The molecule has 3 aromatic heterocycles. The molecule has 3 rings (SSSR count). The molecule has 19 heavy (non-hydrogen) atoms. The summed E-state index contributed by atoms with van der Waals surface area (Å²) in [5, 5.41) is 34.0. The van der Waals surface area contributed by atoms with Crippen LogP contribution in [0.3, 0.4) is 0 Å². The Morgan fingerprint density at radius 3 is 1.21 bits per heavy atom. The zero-order valence-corrected chi connectivity index (χ0v) is 10.3. The van der Waals surface area contributed by atoms with Gasteiger partial charge >= 0.3 is 0 Å². The molecule has 0 aromatic carbocycles. The lowest BCUT2D eigenvalue weighted by atomic mass is 10.7. The molecule has 0 aliphatic carbocycles. The van der Waals surface area contributed by atoms with Crippen molar-refractivity contribution in [1.29, 1.82) is 0 Å². The Kier molecular flexibility index (Phi) is 3.28. The van der Waals surface area contributed by atoms with Gasteiger partial charge in [-0.1, -0.05) is 0 Å². The van der Waals surface area contributed by atoms with Gasteiger partial charge in [-0.05, 0) is 33.8 Å². The molecular formula is C9H6N9P. The van der Waals surface area contributed by atoms with E-state index in [0.29, 0.717) is 16.3 Å². The van der Waals surface area contributed by atoms with Crippen molar-refractivity contribution < 1.29 is 0 Å². The summed E-state index contributed by atoms with van der Waals surface area (Å²) in [6, 6.07) is 5.30. The van der Waals surface area contributed by atoms with Crippen LogP contribution in [-0.2, 0) is 0 Å². The predicted molar refractivity (Wildman–Crippen MR) is 65.3 cm³/mol. The summed E-state index contributed by atoms with van der Waals surface area (Å²) in [4.78, 5) is 0. The minimum atomic E-state index is -1.09. The van der Waals surface area contributed by atoms with Crippen LogP contribution >= 0.6 is 7.92 Å². The highest BCUT2D eigenvalue weighted by atomic mass is 31.1. The van der Waals surface area contributed by atoms with Gasteiger partial charge in [0.25, 0.3) is 0 Å². The highest BCUT2D eigenvalue weighted by Gasteiger charge is 2.22. The SMILES string of the molecule is c1cc(P(c2ccnnn2)c2ccnnn2)nnn1. The molecule has 0 fully saturated rings. The van der Waals surface area contributed by atoms with Crippen molar-refractivity contribution in [2.45, 2.75) is 0 Å². The second kappa shape index (κ2) is 5.40. The second-order valence-corrected chi connectivity index (χ2v) is 5.32. The van der Waals surface area contributed by atoms with Gasteiger partial charge in [0, 0.05) is 0 Å². The second-order valence-electron chi connectivity index (χ2n) is 3.27. The first-order valence-electron chi connectivity index (χ1n) is 5.18. The van der Waals surface area contributed by atoms with Gasteiger partial charge in [-0.25, -0.2) is 0 Å². The van der Waals surface area contributed by atoms with Gasteiger partial charge in [0.1, 0.15) is 16.3 Å². The van der Waals surface area contributed by atoms with E-state index in [1.165, 1.54) is 0 Å². The van der Waals surface area contributed by atoms with Crippen molar-refractivity contribution in [3.63, 3.8) is 0 Å². The van der Waals surface area contributed by atoms with Gasteiger partial charge in [0.15, 0.2) is 0 Å². The average Bonchev–Trinajstić information content (AvgIpc) is 2.51. The van der Waals surface area contributed by atoms with Crippen LogP contribution in [0.5, 0.6) is 0 Å². The molecule has 3 heterocycles. The summed E-state index contributed by atoms with van der Waals surface area (Å²) < 4.78 is 0. The van der Waals surface area contributed by atoms with Crippen molar-refractivity contribution in [2.24, 2.45) is 0 Å². The third-order valence-corrected chi connectivity index (χ3v) is 4.24. The first-order chi connectivity index (χ1) is 9.45. The molecule has 10 heteroatoms. The van der Waals surface area contributed by atoms with Crippen molar-refractivity contribution >= 4 is 24.2 Å². The number of nitrogens with zero attached hydrogens (tertiary/aromatic N) is 9. The van der Waals surface area contributed by atoms with Gasteiger partial charge < -0.3 is 0 Å². The summed E-state index contributed by atoms with van der Waals surface area (Å²) >= 11 is 0. The summed E-state index contributed by atoms with van der Waals surface area (Å²) in [7, 11) is -1.09. The van der Waals surface area contributed by atoms with E-state index in [-0.39, 0.29) is 0 Å². The van der Waals surface area contributed by atoms with Gasteiger partial charge in [-0.2, -0.15) is 0 Å². The van der Waals surface area contributed by atoms with E-state index in [0.717, 1.165) is 0 Å². The molecule has 0 radical (unpaired) electrons. The Morgan fingerprint density at radius 2 is 0.947 bits per heavy atom. The number of hydrogen-bond donors (Lipinski definition) is 0. The molecule has 0 amide bonds. The van der Waals surface area contributed by atoms with Gasteiger partial charge in [0.05, 0.1) is 26.5 Å². The third-order valence-electron chi connectivity index (χ3n) is 2.15. The van der Waals surface area contributed by atoms with Crippen LogP contribution in [0.4, 0.5) is 0 Å². The molecule has 0 saturated carbocycles. The molecule has 3 aromatic rings. The fourth-order valence-corrected chi connectivity index (χ4v) is 3.15. The fraction of sp³-hybridized carbons (Fsp3) is 0. The Morgan fingerprint density at radius 1 is 0.579 bits per heavy atom. The molecule has 0 N–H and O–H groups in total. The normalized spacial score (nSPS) is 10.6. The number of rotatable bonds is 3. The summed E-state index contributed by atoms with van der Waals surface area (Å²) in [6.07, 6.45) is 4.71. The topological polar surface area (TPSA) is 116 Å². The lowest BCUT2D eigenvalue weighted by Crippen LogP contribution is -2.28. The van der Waals surface area contributed by atoms with E-state index >= 15 is 0 Å². The van der Waals surface area contributed by atoms with Gasteiger partial charge in [-0.3, -0.25) is 0 Å². The molecule has 0 unspecified atom stereocenters. The van der Waals surface area contributed by atoms with Crippen molar-refractivity contribution in [3.8, 4) is 0 Å². The average molecular weight is 271 g/mol. The maximum Gasteiger partial charge on any atom is 0.101 e. The zero-order valence-electron chi connectivity index (χ0n) is 9.44. The molecule has 0 atom stereocenters. The van der Waals surface area contributed by atoms with E-state index in [2.05, 4.69) is 46.2 Å². The quantitative estimate of drug-likeness (QED) is 0.498. The van der Waals surface area contributed by atoms with Crippen LogP contribution in [-0.4, -0.2) is 46.2 Å². The Hall–Kier alpha value is -2.54. The van der Waals surface area contributed by atoms with Crippen LogP contribution in [0.2, 0.25) is 0 Å². The molecular weight excluding hydrogens is 265 g/mol. The van der Waals surface area contributed by atoms with E-state index in [9.17, 15) is 0 Å².